The van der Waals surface area contributed by atoms with Crippen LogP contribution in [0.25, 0.3) is 0 Å². The van der Waals surface area contributed by atoms with Gasteiger partial charge in [-0.05, 0) is 72.9 Å². The van der Waals surface area contributed by atoms with Gasteiger partial charge in [-0.25, -0.2) is 0 Å². The number of hydrogen-bond donors (Lipinski definition) is 0. The van der Waals surface area contributed by atoms with E-state index < -0.39 is 0 Å². The Morgan fingerprint density at radius 3 is 1.05 bits per heavy atom. The average molecular weight is 266 g/mol. The molecule has 0 saturated heterocycles. The lowest BCUT2D eigenvalue weighted by atomic mass is 9.78. The Hall–Kier alpha value is -1.56. The summed E-state index contributed by atoms with van der Waals surface area (Å²) in [6.07, 6.45) is 0. The Labute approximate surface area is 123 Å². The number of benzene rings is 2. The van der Waals surface area contributed by atoms with Crippen molar-refractivity contribution >= 4 is 0 Å². The Balaban J connectivity index is 2.46. The van der Waals surface area contributed by atoms with Crippen LogP contribution in [0.1, 0.15) is 59.1 Å². The lowest BCUT2D eigenvalue weighted by Gasteiger charge is -2.27. The molecule has 0 aliphatic rings. The molecule has 20 heavy (non-hydrogen) atoms. The van der Waals surface area contributed by atoms with Crippen LogP contribution in [0.3, 0.4) is 0 Å². The number of rotatable bonds is 3. The fourth-order valence-corrected chi connectivity index (χ4v) is 3.59. The highest BCUT2D eigenvalue weighted by Crippen LogP contribution is 2.38. The molecule has 0 bridgehead atoms. The predicted molar refractivity (Wildman–Crippen MR) is 88.7 cm³/mol. The monoisotopic (exact) mass is 266 g/mol. The highest BCUT2D eigenvalue weighted by Gasteiger charge is 2.21. The van der Waals surface area contributed by atoms with Crippen LogP contribution in [0.4, 0.5) is 0 Å². The molecule has 0 N–H and O–H groups in total. The second-order valence-electron chi connectivity index (χ2n) is 6.19. The summed E-state index contributed by atoms with van der Waals surface area (Å²) >= 11 is 0. The van der Waals surface area contributed by atoms with Gasteiger partial charge in [0.1, 0.15) is 0 Å². The minimum Gasteiger partial charge on any atom is -0.0617 e. The maximum Gasteiger partial charge on any atom is -0.0119 e. The minimum absolute atomic E-state index is 0.538. The predicted octanol–water partition coefficient (Wildman–Crippen LogP) is 5.83. The Kier molecular flexibility index (Phi) is 4.32. The highest BCUT2D eigenvalue weighted by atomic mass is 14.3. The summed E-state index contributed by atoms with van der Waals surface area (Å²) < 4.78 is 0. The normalized spacial score (nSPS) is 14.1. The molecular weight excluding hydrogens is 240 g/mol. The molecule has 0 aliphatic carbocycles. The van der Waals surface area contributed by atoms with Gasteiger partial charge in [-0.3, -0.25) is 0 Å². The van der Waals surface area contributed by atoms with Gasteiger partial charge in [0.15, 0.2) is 0 Å². The molecule has 0 amide bonds. The van der Waals surface area contributed by atoms with Crippen molar-refractivity contribution in [3.63, 3.8) is 0 Å². The zero-order chi connectivity index (χ0) is 14.9. The van der Waals surface area contributed by atoms with Gasteiger partial charge in [0, 0.05) is 0 Å². The molecule has 0 aromatic heterocycles. The van der Waals surface area contributed by atoms with E-state index in [0.717, 1.165) is 0 Å². The van der Waals surface area contributed by atoms with E-state index in [-0.39, 0.29) is 0 Å². The molecule has 0 nitrogen and oxygen atoms in total. The number of hydrogen-bond acceptors (Lipinski definition) is 0. The van der Waals surface area contributed by atoms with Crippen LogP contribution in [0.15, 0.2) is 36.4 Å². The average Bonchev–Trinajstić information content (AvgIpc) is 2.37. The second kappa shape index (κ2) is 5.83. The van der Waals surface area contributed by atoms with E-state index in [4.69, 9.17) is 0 Å². The van der Waals surface area contributed by atoms with Gasteiger partial charge < -0.3 is 0 Å². The molecule has 0 fully saturated rings. The van der Waals surface area contributed by atoms with Crippen molar-refractivity contribution in [1.82, 2.24) is 0 Å². The molecule has 2 atom stereocenters. The number of aryl methyl sites for hydroxylation is 4. The second-order valence-corrected chi connectivity index (χ2v) is 6.19. The molecule has 106 valence electrons. The van der Waals surface area contributed by atoms with E-state index in [2.05, 4.69) is 77.9 Å². The lowest BCUT2D eigenvalue weighted by molar-refractivity contribution is 0.611. The van der Waals surface area contributed by atoms with Crippen molar-refractivity contribution in [3.05, 3.63) is 69.8 Å². The van der Waals surface area contributed by atoms with Crippen LogP contribution >= 0.6 is 0 Å². The smallest absolute Gasteiger partial charge is 0.0119 e. The third-order valence-electron chi connectivity index (χ3n) is 4.74. The molecular formula is C20H26. The van der Waals surface area contributed by atoms with Crippen molar-refractivity contribution in [2.75, 3.05) is 0 Å². The van der Waals surface area contributed by atoms with E-state index in [1.807, 2.05) is 0 Å². The summed E-state index contributed by atoms with van der Waals surface area (Å²) in [4.78, 5) is 0. The largest absolute Gasteiger partial charge is 0.0617 e. The first-order chi connectivity index (χ1) is 9.43. The van der Waals surface area contributed by atoms with E-state index in [9.17, 15) is 0 Å². The third-order valence-corrected chi connectivity index (χ3v) is 4.74. The molecule has 2 rings (SSSR count). The van der Waals surface area contributed by atoms with Crippen LogP contribution in [-0.2, 0) is 0 Å². The first-order valence-corrected chi connectivity index (χ1v) is 7.55. The lowest BCUT2D eigenvalue weighted by Crippen LogP contribution is -2.10. The quantitative estimate of drug-likeness (QED) is 0.656. The Morgan fingerprint density at radius 1 is 0.550 bits per heavy atom. The first-order valence-electron chi connectivity index (χ1n) is 7.55. The van der Waals surface area contributed by atoms with Crippen LogP contribution < -0.4 is 0 Å². The molecule has 0 heteroatoms. The van der Waals surface area contributed by atoms with Crippen LogP contribution in [0.5, 0.6) is 0 Å². The summed E-state index contributed by atoms with van der Waals surface area (Å²) in [5.74, 6) is 1.08. The van der Waals surface area contributed by atoms with Crippen molar-refractivity contribution in [1.29, 1.82) is 0 Å². The van der Waals surface area contributed by atoms with Crippen LogP contribution in [0, 0.1) is 27.7 Å². The standard InChI is InChI=1S/C20H26/c1-13-9-7-10-14(2)19(13)17(5)18(6)20-15(3)11-8-12-16(20)4/h7-12,17-18H,1-6H3/t17-,18+. The van der Waals surface area contributed by atoms with E-state index >= 15 is 0 Å². The Bertz CT molecular complexity index is 511. The van der Waals surface area contributed by atoms with Crippen LogP contribution in [0.2, 0.25) is 0 Å². The van der Waals surface area contributed by atoms with E-state index in [1.165, 1.54) is 33.4 Å². The van der Waals surface area contributed by atoms with E-state index in [1.54, 1.807) is 0 Å². The van der Waals surface area contributed by atoms with Gasteiger partial charge in [-0.15, -0.1) is 0 Å². The van der Waals surface area contributed by atoms with Crippen molar-refractivity contribution in [3.8, 4) is 0 Å². The topological polar surface area (TPSA) is 0 Å². The molecule has 0 radical (unpaired) electrons. The minimum atomic E-state index is 0.538. The van der Waals surface area contributed by atoms with Gasteiger partial charge >= 0.3 is 0 Å². The molecule has 0 unspecified atom stereocenters. The fraction of sp³-hybridized carbons (Fsp3) is 0.400. The summed E-state index contributed by atoms with van der Waals surface area (Å²) in [6.45, 7) is 13.7. The van der Waals surface area contributed by atoms with Crippen molar-refractivity contribution < 1.29 is 0 Å². The highest BCUT2D eigenvalue weighted by molar-refractivity contribution is 5.42. The molecule has 0 spiro atoms. The summed E-state index contributed by atoms with van der Waals surface area (Å²) in [5.41, 5.74) is 8.68. The maximum atomic E-state index is 2.37. The summed E-state index contributed by atoms with van der Waals surface area (Å²) in [7, 11) is 0. The summed E-state index contributed by atoms with van der Waals surface area (Å²) in [5, 5.41) is 0. The van der Waals surface area contributed by atoms with Crippen molar-refractivity contribution in [2.45, 2.75) is 53.4 Å². The van der Waals surface area contributed by atoms with Gasteiger partial charge in [0.2, 0.25) is 0 Å². The first kappa shape index (κ1) is 14.8. The third kappa shape index (κ3) is 2.65. The molecule has 0 heterocycles. The van der Waals surface area contributed by atoms with Crippen LogP contribution in [-0.4, -0.2) is 0 Å². The maximum absolute atomic E-state index is 2.37. The van der Waals surface area contributed by atoms with Gasteiger partial charge in [0.05, 0.1) is 0 Å². The SMILES string of the molecule is Cc1cccc(C)c1[C@@H](C)[C@@H](C)c1c(C)cccc1C. The fourth-order valence-electron chi connectivity index (χ4n) is 3.59. The molecule has 2 aromatic rings. The van der Waals surface area contributed by atoms with Gasteiger partial charge in [-0.2, -0.15) is 0 Å². The molecule has 2 aromatic carbocycles. The van der Waals surface area contributed by atoms with Gasteiger partial charge in [-0.1, -0.05) is 50.2 Å². The zero-order valence-electron chi connectivity index (χ0n) is 13.6. The molecule has 0 aliphatic heterocycles. The summed E-state index contributed by atoms with van der Waals surface area (Å²) in [6, 6.07) is 13.2. The van der Waals surface area contributed by atoms with Crippen molar-refractivity contribution in [2.24, 2.45) is 0 Å². The van der Waals surface area contributed by atoms with E-state index in [0.29, 0.717) is 11.8 Å². The Morgan fingerprint density at radius 2 is 0.800 bits per heavy atom. The van der Waals surface area contributed by atoms with Gasteiger partial charge in [0.25, 0.3) is 0 Å². The molecule has 0 saturated carbocycles. The zero-order valence-corrected chi connectivity index (χ0v) is 13.6.